The van der Waals surface area contributed by atoms with Crippen LogP contribution >= 0.6 is 0 Å². The lowest BCUT2D eigenvalue weighted by Crippen LogP contribution is -2.33. The maximum absolute atomic E-state index is 13.1. The van der Waals surface area contributed by atoms with Crippen molar-refractivity contribution in [3.63, 3.8) is 0 Å². The van der Waals surface area contributed by atoms with E-state index in [4.69, 9.17) is 9.47 Å². The van der Waals surface area contributed by atoms with Crippen LogP contribution in [0.1, 0.15) is 11.7 Å². The highest BCUT2D eigenvalue weighted by molar-refractivity contribution is 5.42. The van der Waals surface area contributed by atoms with Crippen LogP contribution in [0.25, 0.3) is 0 Å². The number of methoxy groups -OCH3 is 1. The fourth-order valence-electron chi connectivity index (χ4n) is 1.75. The Morgan fingerprint density at radius 1 is 1.56 bits per heavy atom. The van der Waals surface area contributed by atoms with E-state index in [1.54, 1.807) is 0 Å². The first-order valence-corrected chi connectivity index (χ1v) is 5.11. The molecule has 0 bridgehead atoms. The summed E-state index contributed by atoms with van der Waals surface area (Å²) in [6.45, 7) is 2.01. The Morgan fingerprint density at radius 3 is 3.00 bits per heavy atom. The maximum Gasteiger partial charge on any atom is 0.168 e. The summed E-state index contributed by atoms with van der Waals surface area (Å²) in [7, 11) is 1.46. The Hall–Kier alpha value is -1.33. The average molecular weight is 227 g/mol. The molecule has 1 aliphatic rings. The normalized spacial score (nSPS) is 20.8. The van der Waals surface area contributed by atoms with E-state index in [0.717, 1.165) is 6.54 Å². The van der Waals surface area contributed by atoms with Gasteiger partial charge < -0.3 is 19.9 Å². The van der Waals surface area contributed by atoms with Crippen molar-refractivity contribution in [1.82, 2.24) is 5.32 Å². The number of phenolic OH excluding ortho intramolecular Hbond substituents is 1. The molecule has 0 radical (unpaired) electrons. The van der Waals surface area contributed by atoms with E-state index in [9.17, 15) is 9.50 Å². The lowest BCUT2D eigenvalue weighted by molar-refractivity contribution is 0.0260. The fraction of sp³-hybridized carbons (Fsp3) is 0.455. The quantitative estimate of drug-likeness (QED) is 0.797. The van der Waals surface area contributed by atoms with E-state index in [1.165, 1.54) is 19.2 Å². The smallest absolute Gasteiger partial charge is 0.168 e. The zero-order valence-corrected chi connectivity index (χ0v) is 9.00. The van der Waals surface area contributed by atoms with Crippen molar-refractivity contribution in [3.8, 4) is 11.5 Å². The van der Waals surface area contributed by atoms with Gasteiger partial charge >= 0.3 is 0 Å². The minimum Gasteiger partial charge on any atom is -0.505 e. The molecule has 1 atom stereocenters. The number of hydrogen-bond donors (Lipinski definition) is 2. The van der Waals surface area contributed by atoms with Crippen LogP contribution in [0.15, 0.2) is 12.1 Å². The van der Waals surface area contributed by atoms with Gasteiger partial charge in [0.25, 0.3) is 0 Å². The van der Waals surface area contributed by atoms with Gasteiger partial charge in [-0.1, -0.05) is 0 Å². The largest absolute Gasteiger partial charge is 0.505 e. The Bertz CT molecular complexity index is 378. The molecule has 0 spiro atoms. The summed E-state index contributed by atoms with van der Waals surface area (Å²) in [5, 5.41) is 12.5. The number of benzene rings is 1. The maximum atomic E-state index is 13.1. The number of aromatic hydroxyl groups is 1. The molecule has 88 valence electrons. The van der Waals surface area contributed by atoms with Crippen LogP contribution in [-0.2, 0) is 4.74 Å². The zero-order valence-electron chi connectivity index (χ0n) is 9.00. The summed E-state index contributed by atoms with van der Waals surface area (Å²) >= 11 is 0. The summed E-state index contributed by atoms with van der Waals surface area (Å²) in [6.07, 6.45) is -0.213. The number of nitrogens with one attached hydrogen (secondary N) is 1. The molecular weight excluding hydrogens is 213 g/mol. The molecule has 1 heterocycles. The summed E-state index contributed by atoms with van der Waals surface area (Å²) in [5.74, 6) is -0.682. The molecule has 16 heavy (non-hydrogen) atoms. The van der Waals surface area contributed by atoms with Crippen LogP contribution in [0.5, 0.6) is 11.5 Å². The van der Waals surface area contributed by atoms with Crippen molar-refractivity contribution >= 4 is 0 Å². The van der Waals surface area contributed by atoms with Gasteiger partial charge in [0.1, 0.15) is 5.75 Å². The van der Waals surface area contributed by atoms with Gasteiger partial charge in [-0.3, -0.25) is 0 Å². The van der Waals surface area contributed by atoms with Crippen LogP contribution in [0.3, 0.4) is 0 Å². The Labute approximate surface area is 93.0 Å². The molecule has 1 aliphatic heterocycles. The summed E-state index contributed by atoms with van der Waals surface area (Å²) in [5.41, 5.74) is 0.661. The molecule has 1 unspecified atom stereocenters. The molecule has 5 heteroatoms. The summed E-state index contributed by atoms with van der Waals surface area (Å²) in [4.78, 5) is 0. The summed E-state index contributed by atoms with van der Waals surface area (Å²) < 4.78 is 23.7. The van der Waals surface area contributed by atoms with Gasteiger partial charge in [0.15, 0.2) is 11.6 Å². The molecule has 0 aromatic heterocycles. The van der Waals surface area contributed by atoms with Crippen LogP contribution < -0.4 is 10.1 Å². The molecule has 4 nitrogen and oxygen atoms in total. The average Bonchev–Trinajstić information content (AvgIpc) is 2.33. The second-order valence-electron chi connectivity index (χ2n) is 3.61. The minimum atomic E-state index is -0.690. The highest BCUT2D eigenvalue weighted by Crippen LogP contribution is 2.33. The van der Waals surface area contributed by atoms with Crippen LogP contribution in [0, 0.1) is 5.82 Å². The lowest BCUT2D eigenvalue weighted by Gasteiger charge is -2.25. The van der Waals surface area contributed by atoms with E-state index in [1.807, 2.05) is 0 Å². The molecule has 1 saturated heterocycles. The van der Waals surface area contributed by atoms with E-state index < -0.39 is 5.82 Å². The summed E-state index contributed by atoms with van der Waals surface area (Å²) in [6, 6.07) is 2.52. The van der Waals surface area contributed by atoms with Crippen LogP contribution in [0.2, 0.25) is 0 Å². The van der Waals surface area contributed by atoms with Crippen molar-refractivity contribution < 1.29 is 19.0 Å². The Balaban J connectivity index is 2.33. The SMILES string of the molecule is COc1cc(F)c(O)cc1C1CNCCO1. The van der Waals surface area contributed by atoms with Gasteiger partial charge in [-0.2, -0.15) is 0 Å². The first-order chi connectivity index (χ1) is 7.72. The Kier molecular flexibility index (Phi) is 3.26. The third kappa shape index (κ3) is 2.10. The van der Waals surface area contributed by atoms with E-state index >= 15 is 0 Å². The number of halogens is 1. The first-order valence-electron chi connectivity index (χ1n) is 5.11. The van der Waals surface area contributed by atoms with Gasteiger partial charge in [0, 0.05) is 24.7 Å². The molecule has 1 aromatic carbocycles. The van der Waals surface area contributed by atoms with Gasteiger partial charge in [-0.15, -0.1) is 0 Å². The zero-order chi connectivity index (χ0) is 11.5. The third-order valence-electron chi connectivity index (χ3n) is 2.57. The topological polar surface area (TPSA) is 50.7 Å². The number of phenols is 1. The number of ether oxygens (including phenoxy) is 2. The van der Waals surface area contributed by atoms with Gasteiger partial charge in [0.05, 0.1) is 19.8 Å². The molecule has 0 aliphatic carbocycles. The molecule has 0 amide bonds. The highest BCUT2D eigenvalue weighted by Gasteiger charge is 2.21. The van der Waals surface area contributed by atoms with Crippen molar-refractivity contribution in [1.29, 1.82) is 0 Å². The Morgan fingerprint density at radius 2 is 2.38 bits per heavy atom. The molecule has 0 saturated carbocycles. The van der Waals surface area contributed by atoms with Crippen molar-refractivity contribution in [2.75, 3.05) is 26.8 Å². The number of rotatable bonds is 2. The van der Waals surface area contributed by atoms with Gasteiger partial charge in [-0.05, 0) is 6.07 Å². The van der Waals surface area contributed by atoms with E-state index in [0.29, 0.717) is 24.5 Å². The standard InChI is InChI=1S/C11H14FNO3/c1-15-10-5-8(12)9(14)4-7(10)11-6-13-2-3-16-11/h4-5,11,13-14H,2-3,6H2,1H3. The van der Waals surface area contributed by atoms with Crippen molar-refractivity contribution in [2.24, 2.45) is 0 Å². The molecule has 1 aromatic rings. The predicted molar refractivity (Wildman–Crippen MR) is 56.2 cm³/mol. The van der Waals surface area contributed by atoms with Crippen molar-refractivity contribution in [3.05, 3.63) is 23.5 Å². The predicted octanol–water partition coefficient (Wildman–Crippen LogP) is 1.20. The highest BCUT2D eigenvalue weighted by atomic mass is 19.1. The number of morpholine rings is 1. The lowest BCUT2D eigenvalue weighted by atomic mass is 10.1. The van der Waals surface area contributed by atoms with E-state index in [-0.39, 0.29) is 11.9 Å². The second-order valence-corrected chi connectivity index (χ2v) is 3.61. The third-order valence-corrected chi connectivity index (χ3v) is 2.57. The monoisotopic (exact) mass is 227 g/mol. The molecule has 1 fully saturated rings. The first kappa shape index (κ1) is 11.2. The molecule has 2 N–H and O–H groups in total. The fourth-order valence-corrected chi connectivity index (χ4v) is 1.75. The second kappa shape index (κ2) is 4.67. The van der Waals surface area contributed by atoms with Gasteiger partial charge in [-0.25, -0.2) is 4.39 Å². The number of hydrogen-bond acceptors (Lipinski definition) is 4. The van der Waals surface area contributed by atoms with Gasteiger partial charge in [0.2, 0.25) is 0 Å². The van der Waals surface area contributed by atoms with Crippen LogP contribution in [-0.4, -0.2) is 31.9 Å². The molecule has 2 rings (SSSR count). The molecular formula is C11H14FNO3. The minimum absolute atomic E-state index is 0.213. The van der Waals surface area contributed by atoms with Crippen LogP contribution in [0.4, 0.5) is 4.39 Å². The van der Waals surface area contributed by atoms with Crippen molar-refractivity contribution in [2.45, 2.75) is 6.10 Å². The van der Waals surface area contributed by atoms with E-state index in [2.05, 4.69) is 5.32 Å².